The Morgan fingerprint density at radius 3 is 2.38 bits per heavy atom. The maximum absolute atomic E-state index is 8.88. The van der Waals surface area contributed by atoms with Crippen molar-refractivity contribution in [2.45, 2.75) is 12.8 Å². The highest BCUT2D eigenvalue weighted by Crippen LogP contribution is 2.08. The van der Waals surface area contributed by atoms with Gasteiger partial charge in [0.15, 0.2) is 0 Å². The Labute approximate surface area is 48.9 Å². The molecule has 0 aromatic carbocycles. The summed E-state index contributed by atoms with van der Waals surface area (Å²) in [5.41, 5.74) is 0. The largest absolute Gasteiger partial charge is 0.356 e. The zero-order chi connectivity index (χ0) is 5.98. The molecule has 1 aliphatic rings. The van der Waals surface area contributed by atoms with Crippen molar-refractivity contribution < 1.29 is 9.84 Å². The van der Waals surface area contributed by atoms with E-state index in [2.05, 4.69) is 4.74 Å². The number of hydrogen-bond donors (Lipinski definition) is 1. The predicted octanol–water partition coefficient (Wildman–Crippen LogP) is -0.386. The lowest BCUT2D eigenvalue weighted by Gasteiger charge is -2.33. The van der Waals surface area contributed by atoms with Crippen molar-refractivity contribution in [2.75, 3.05) is 20.2 Å². The van der Waals surface area contributed by atoms with Gasteiger partial charge in [0.05, 0.1) is 0 Å². The van der Waals surface area contributed by atoms with Gasteiger partial charge >= 0.3 is 0 Å². The summed E-state index contributed by atoms with van der Waals surface area (Å²) in [5, 5.41) is 8.88. The summed E-state index contributed by atoms with van der Waals surface area (Å²) in [4.78, 5) is 1.86. The molecule has 0 spiro atoms. The van der Waals surface area contributed by atoms with Crippen molar-refractivity contribution in [3.63, 3.8) is 0 Å². The Bertz CT molecular complexity index is 70.1. The van der Waals surface area contributed by atoms with Crippen LogP contribution in [-0.4, -0.2) is 36.6 Å². The van der Waals surface area contributed by atoms with Crippen LogP contribution < -0.4 is 0 Å². The molecule has 1 heterocycles. The second kappa shape index (κ2) is 2.44. The molecular weight excluding hydrogens is 106 g/mol. The molecule has 0 radical (unpaired) electrons. The van der Waals surface area contributed by atoms with E-state index in [1.807, 2.05) is 4.90 Å². The van der Waals surface area contributed by atoms with Gasteiger partial charge in [0.2, 0.25) is 6.41 Å². The number of methoxy groups -OCH3 is 1. The molecule has 8 heavy (non-hydrogen) atoms. The smallest absolute Gasteiger partial charge is 0.215 e. The Morgan fingerprint density at radius 2 is 2.25 bits per heavy atom. The molecule has 0 aliphatic carbocycles. The maximum Gasteiger partial charge on any atom is 0.215 e. The van der Waals surface area contributed by atoms with Crippen molar-refractivity contribution in [3.8, 4) is 0 Å². The zero-order valence-electron chi connectivity index (χ0n) is 5.00. The van der Waals surface area contributed by atoms with Gasteiger partial charge in [-0.05, 0) is 6.42 Å². The molecule has 3 heteroatoms. The number of aliphatic hydroxyl groups excluding tert-OH is 1. The third-order valence-corrected chi connectivity index (χ3v) is 1.41. The third kappa shape index (κ3) is 0.992. The molecule has 3 nitrogen and oxygen atoms in total. The molecule has 0 saturated carbocycles. The highest BCUT2D eigenvalue weighted by Gasteiger charge is 2.20. The van der Waals surface area contributed by atoms with Crippen LogP contribution in [-0.2, 0) is 4.74 Å². The molecule has 1 N–H and O–H groups in total. The van der Waals surface area contributed by atoms with Gasteiger partial charge in [-0.1, -0.05) is 0 Å². The highest BCUT2D eigenvalue weighted by atomic mass is 16.6. The van der Waals surface area contributed by atoms with Crippen LogP contribution in [0.3, 0.4) is 0 Å². The first-order chi connectivity index (χ1) is 3.84. The number of rotatable bonds is 2. The fourth-order valence-electron chi connectivity index (χ4n) is 0.711. The van der Waals surface area contributed by atoms with Crippen LogP contribution in [0.2, 0.25) is 0 Å². The van der Waals surface area contributed by atoms with E-state index in [4.69, 9.17) is 5.11 Å². The SMILES string of the molecule is COC(O)N1CCC1. The van der Waals surface area contributed by atoms with E-state index in [1.165, 1.54) is 13.5 Å². The molecule has 0 aromatic rings. The molecule has 1 atom stereocenters. The normalized spacial score (nSPS) is 24.8. The Kier molecular flexibility index (Phi) is 1.83. The molecule has 0 bridgehead atoms. The van der Waals surface area contributed by atoms with Crippen molar-refractivity contribution in [1.29, 1.82) is 0 Å². The molecule has 1 aliphatic heterocycles. The van der Waals surface area contributed by atoms with Crippen molar-refractivity contribution >= 4 is 0 Å². The topological polar surface area (TPSA) is 32.7 Å². The molecule has 1 saturated heterocycles. The fraction of sp³-hybridized carbons (Fsp3) is 1.00. The first kappa shape index (κ1) is 6.01. The first-order valence-electron chi connectivity index (χ1n) is 2.79. The van der Waals surface area contributed by atoms with E-state index in [9.17, 15) is 0 Å². The number of ether oxygens (including phenoxy) is 1. The molecule has 1 rings (SSSR count). The summed E-state index contributed by atoms with van der Waals surface area (Å²) in [6.45, 7) is 1.93. The Morgan fingerprint density at radius 1 is 1.62 bits per heavy atom. The fourth-order valence-corrected chi connectivity index (χ4v) is 0.711. The second-order valence-electron chi connectivity index (χ2n) is 1.95. The standard InChI is InChI=1S/C5H11NO2/c1-8-5(7)6-3-2-4-6/h5,7H,2-4H2,1H3. The zero-order valence-corrected chi connectivity index (χ0v) is 5.00. The molecule has 0 amide bonds. The minimum atomic E-state index is -0.663. The van der Waals surface area contributed by atoms with E-state index in [1.54, 1.807) is 0 Å². The third-order valence-electron chi connectivity index (χ3n) is 1.41. The van der Waals surface area contributed by atoms with Crippen LogP contribution >= 0.6 is 0 Å². The van der Waals surface area contributed by atoms with Gasteiger partial charge in [0.1, 0.15) is 0 Å². The van der Waals surface area contributed by atoms with Crippen molar-refractivity contribution in [3.05, 3.63) is 0 Å². The quantitative estimate of drug-likeness (QED) is 0.500. The molecule has 1 fully saturated rings. The Balaban J connectivity index is 2.13. The number of nitrogens with zero attached hydrogens (tertiary/aromatic N) is 1. The van der Waals surface area contributed by atoms with Gasteiger partial charge in [-0.15, -0.1) is 0 Å². The van der Waals surface area contributed by atoms with Gasteiger partial charge < -0.3 is 9.84 Å². The van der Waals surface area contributed by atoms with E-state index < -0.39 is 6.41 Å². The highest BCUT2D eigenvalue weighted by molar-refractivity contribution is 4.66. The lowest BCUT2D eigenvalue weighted by atomic mass is 10.2. The minimum absolute atomic E-state index is 0.663. The van der Waals surface area contributed by atoms with E-state index >= 15 is 0 Å². The van der Waals surface area contributed by atoms with Crippen LogP contribution in [0.15, 0.2) is 0 Å². The van der Waals surface area contributed by atoms with Crippen LogP contribution in [0.5, 0.6) is 0 Å². The number of hydrogen-bond acceptors (Lipinski definition) is 3. The molecule has 48 valence electrons. The van der Waals surface area contributed by atoms with Gasteiger partial charge in [-0.25, -0.2) is 0 Å². The minimum Gasteiger partial charge on any atom is -0.356 e. The summed E-state index contributed by atoms with van der Waals surface area (Å²) in [6, 6.07) is 0. The van der Waals surface area contributed by atoms with E-state index in [0.29, 0.717) is 0 Å². The van der Waals surface area contributed by atoms with Crippen molar-refractivity contribution in [1.82, 2.24) is 4.90 Å². The monoisotopic (exact) mass is 117 g/mol. The van der Waals surface area contributed by atoms with Crippen molar-refractivity contribution in [2.24, 2.45) is 0 Å². The summed E-state index contributed by atoms with van der Waals surface area (Å²) in [7, 11) is 1.50. The average molecular weight is 117 g/mol. The molecule has 1 unspecified atom stereocenters. The predicted molar refractivity (Wildman–Crippen MR) is 29.2 cm³/mol. The lowest BCUT2D eigenvalue weighted by Crippen LogP contribution is -2.45. The lowest BCUT2D eigenvalue weighted by molar-refractivity contribution is -0.195. The maximum atomic E-state index is 8.88. The summed E-state index contributed by atoms with van der Waals surface area (Å²) < 4.78 is 4.64. The summed E-state index contributed by atoms with van der Waals surface area (Å²) in [6.07, 6.45) is 0.518. The van der Waals surface area contributed by atoms with Gasteiger partial charge in [-0.2, -0.15) is 0 Å². The number of likely N-dealkylation sites (tertiary alicyclic amines) is 1. The van der Waals surface area contributed by atoms with Crippen LogP contribution in [0.1, 0.15) is 6.42 Å². The second-order valence-corrected chi connectivity index (χ2v) is 1.95. The van der Waals surface area contributed by atoms with Crippen LogP contribution in [0, 0.1) is 0 Å². The average Bonchev–Trinajstić information content (AvgIpc) is 1.62. The van der Waals surface area contributed by atoms with E-state index in [0.717, 1.165) is 13.1 Å². The molecular formula is C5H11NO2. The summed E-state index contributed by atoms with van der Waals surface area (Å²) >= 11 is 0. The summed E-state index contributed by atoms with van der Waals surface area (Å²) in [5.74, 6) is 0. The van der Waals surface area contributed by atoms with Crippen LogP contribution in [0.25, 0.3) is 0 Å². The van der Waals surface area contributed by atoms with E-state index in [-0.39, 0.29) is 0 Å². The number of aliphatic hydroxyl groups is 1. The molecule has 0 aromatic heterocycles. The van der Waals surface area contributed by atoms with Crippen LogP contribution in [0.4, 0.5) is 0 Å². The van der Waals surface area contributed by atoms with Gasteiger partial charge in [-0.3, -0.25) is 4.90 Å². The first-order valence-corrected chi connectivity index (χ1v) is 2.79. The van der Waals surface area contributed by atoms with Gasteiger partial charge in [0.25, 0.3) is 0 Å². The van der Waals surface area contributed by atoms with Gasteiger partial charge in [0, 0.05) is 20.2 Å². The Hall–Kier alpha value is -0.120.